The van der Waals surface area contributed by atoms with E-state index in [2.05, 4.69) is 9.97 Å². The van der Waals surface area contributed by atoms with Gasteiger partial charge in [0.25, 0.3) is 5.91 Å². The van der Waals surface area contributed by atoms with Gasteiger partial charge >= 0.3 is 0 Å². The van der Waals surface area contributed by atoms with Crippen molar-refractivity contribution in [3.63, 3.8) is 0 Å². The lowest BCUT2D eigenvalue weighted by molar-refractivity contribution is 0.0693. The Kier molecular flexibility index (Phi) is 5.02. The Balaban J connectivity index is 1.29. The van der Waals surface area contributed by atoms with Crippen LogP contribution in [-0.2, 0) is 6.42 Å². The maximum atomic E-state index is 14.0. The molecule has 0 aliphatic carbocycles. The third kappa shape index (κ3) is 3.95. The van der Waals surface area contributed by atoms with Gasteiger partial charge in [-0.1, -0.05) is 24.3 Å². The Morgan fingerprint density at radius 1 is 1.19 bits per heavy atom. The molecule has 1 N–H and O–H groups in total. The van der Waals surface area contributed by atoms with Crippen molar-refractivity contribution < 1.29 is 18.0 Å². The first-order chi connectivity index (χ1) is 15.1. The van der Waals surface area contributed by atoms with E-state index in [0.717, 1.165) is 18.4 Å². The first-order valence-electron chi connectivity index (χ1n) is 10.3. The summed E-state index contributed by atoms with van der Waals surface area (Å²) in [7, 11) is 0. The molecule has 7 heteroatoms. The standard InChI is InChI=1S/C24H21F2N3O2/c25-18-8-6-15(7-9-18)11-19-13-27-23(31-19)17-4-2-10-29(14-17)24(30)21-12-16-3-1-5-20(26)22(16)28-21/h1,3,5-9,12-13,17,28H,2,4,10-11,14H2. The molecule has 0 spiro atoms. The number of fused-ring (bicyclic) bond motifs is 1. The number of aromatic amines is 1. The molecule has 1 saturated heterocycles. The summed E-state index contributed by atoms with van der Waals surface area (Å²) in [5.74, 6) is 0.515. The van der Waals surface area contributed by atoms with E-state index in [0.29, 0.717) is 47.8 Å². The molecular weight excluding hydrogens is 400 g/mol. The highest BCUT2D eigenvalue weighted by Crippen LogP contribution is 2.29. The van der Waals surface area contributed by atoms with Gasteiger partial charge in [0.05, 0.1) is 17.6 Å². The number of aromatic nitrogens is 2. The van der Waals surface area contributed by atoms with Crippen LogP contribution in [0.4, 0.5) is 8.78 Å². The fourth-order valence-corrected chi connectivity index (χ4v) is 4.16. The number of likely N-dealkylation sites (tertiary alicyclic amines) is 1. The number of para-hydroxylation sites is 1. The zero-order valence-electron chi connectivity index (χ0n) is 16.8. The smallest absolute Gasteiger partial charge is 0.270 e. The molecule has 3 heterocycles. The monoisotopic (exact) mass is 421 g/mol. The minimum absolute atomic E-state index is 0.000724. The minimum Gasteiger partial charge on any atom is -0.445 e. The summed E-state index contributed by atoms with van der Waals surface area (Å²) >= 11 is 0. The molecule has 1 fully saturated rings. The van der Waals surface area contributed by atoms with Crippen LogP contribution in [0.15, 0.2) is 59.1 Å². The number of nitrogens with one attached hydrogen (secondary N) is 1. The van der Waals surface area contributed by atoms with Crippen molar-refractivity contribution in [2.75, 3.05) is 13.1 Å². The average molecular weight is 421 g/mol. The van der Waals surface area contributed by atoms with Crippen LogP contribution < -0.4 is 0 Å². The van der Waals surface area contributed by atoms with Crippen LogP contribution in [0.25, 0.3) is 10.9 Å². The number of benzene rings is 2. The first-order valence-corrected chi connectivity index (χ1v) is 10.3. The summed E-state index contributed by atoms with van der Waals surface area (Å²) in [6.45, 7) is 1.13. The molecule has 1 amide bonds. The van der Waals surface area contributed by atoms with Crippen molar-refractivity contribution in [2.24, 2.45) is 0 Å². The molecule has 1 atom stereocenters. The molecular formula is C24H21F2N3O2. The van der Waals surface area contributed by atoms with Crippen LogP contribution in [0.5, 0.6) is 0 Å². The predicted molar refractivity (Wildman–Crippen MR) is 112 cm³/mol. The second kappa shape index (κ2) is 7.98. The lowest BCUT2D eigenvalue weighted by atomic mass is 9.97. The second-order valence-electron chi connectivity index (χ2n) is 7.95. The van der Waals surface area contributed by atoms with Crippen molar-refractivity contribution in [3.05, 3.63) is 89.3 Å². The summed E-state index contributed by atoms with van der Waals surface area (Å²) < 4.78 is 33.0. The third-order valence-corrected chi connectivity index (χ3v) is 5.76. The van der Waals surface area contributed by atoms with Crippen LogP contribution in [0, 0.1) is 11.6 Å². The number of piperidine rings is 1. The van der Waals surface area contributed by atoms with Crippen molar-refractivity contribution in [1.29, 1.82) is 0 Å². The molecule has 2 aromatic carbocycles. The van der Waals surface area contributed by atoms with E-state index in [9.17, 15) is 13.6 Å². The van der Waals surface area contributed by atoms with E-state index in [1.165, 1.54) is 18.2 Å². The van der Waals surface area contributed by atoms with Gasteiger partial charge in [-0.05, 0) is 42.7 Å². The Morgan fingerprint density at radius 2 is 2.03 bits per heavy atom. The maximum Gasteiger partial charge on any atom is 0.270 e. The van der Waals surface area contributed by atoms with E-state index >= 15 is 0 Å². The lowest BCUT2D eigenvalue weighted by Crippen LogP contribution is -2.39. The first kappa shape index (κ1) is 19.5. The summed E-state index contributed by atoms with van der Waals surface area (Å²) in [6, 6.07) is 12.8. The fourth-order valence-electron chi connectivity index (χ4n) is 4.16. The minimum atomic E-state index is -0.374. The van der Waals surface area contributed by atoms with E-state index in [1.54, 1.807) is 41.4 Å². The van der Waals surface area contributed by atoms with Crippen LogP contribution in [0.1, 0.15) is 46.5 Å². The third-order valence-electron chi connectivity index (χ3n) is 5.76. The van der Waals surface area contributed by atoms with Crippen LogP contribution in [0.2, 0.25) is 0 Å². The molecule has 2 aromatic heterocycles. The van der Waals surface area contributed by atoms with Crippen LogP contribution in [0.3, 0.4) is 0 Å². The van der Waals surface area contributed by atoms with Gasteiger partial charge in [0.15, 0.2) is 5.89 Å². The second-order valence-corrected chi connectivity index (χ2v) is 7.95. The van der Waals surface area contributed by atoms with E-state index in [-0.39, 0.29) is 23.5 Å². The zero-order chi connectivity index (χ0) is 21.4. The number of carbonyl (C=O) groups excluding carboxylic acids is 1. The quantitative estimate of drug-likeness (QED) is 0.502. The van der Waals surface area contributed by atoms with Gasteiger partial charge in [-0.25, -0.2) is 13.8 Å². The van der Waals surface area contributed by atoms with Gasteiger partial charge in [-0.3, -0.25) is 4.79 Å². The SMILES string of the molecule is O=C(c1cc2cccc(F)c2[nH]1)N1CCCC(c2ncc(Cc3ccc(F)cc3)o2)C1. The van der Waals surface area contributed by atoms with E-state index < -0.39 is 0 Å². The average Bonchev–Trinajstić information content (AvgIpc) is 3.43. The predicted octanol–water partition coefficient (Wildman–Crippen LogP) is 5.04. The summed E-state index contributed by atoms with van der Waals surface area (Å²) in [5.41, 5.74) is 1.67. The number of rotatable bonds is 4. The zero-order valence-corrected chi connectivity index (χ0v) is 16.8. The molecule has 5 nitrogen and oxygen atoms in total. The number of carbonyl (C=O) groups is 1. The van der Waals surface area contributed by atoms with E-state index in [4.69, 9.17) is 4.42 Å². The van der Waals surface area contributed by atoms with Gasteiger partial charge in [0, 0.05) is 24.9 Å². The van der Waals surface area contributed by atoms with Crippen molar-refractivity contribution in [1.82, 2.24) is 14.9 Å². The van der Waals surface area contributed by atoms with Crippen LogP contribution >= 0.6 is 0 Å². The molecule has 0 saturated carbocycles. The fraction of sp³-hybridized carbons (Fsp3) is 0.250. The molecule has 5 rings (SSSR count). The van der Waals surface area contributed by atoms with Gasteiger partial charge in [0.2, 0.25) is 0 Å². The van der Waals surface area contributed by atoms with E-state index in [1.807, 2.05) is 0 Å². The maximum absolute atomic E-state index is 14.0. The highest BCUT2D eigenvalue weighted by atomic mass is 19.1. The van der Waals surface area contributed by atoms with Crippen molar-refractivity contribution >= 4 is 16.8 Å². The molecule has 1 unspecified atom stereocenters. The lowest BCUT2D eigenvalue weighted by Gasteiger charge is -2.31. The molecule has 1 aliphatic rings. The Hall–Kier alpha value is -3.48. The largest absolute Gasteiger partial charge is 0.445 e. The Bertz CT molecular complexity index is 1230. The number of H-pyrrole nitrogens is 1. The molecule has 0 bridgehead atoms. The Morgan fingerprint density at radius 3 is 2.84 bits per heavy atom. The number of nitrogens with zero attached hydrogens (tertiary/aromatic N) is 2. The number of hydrogen-bond acceptors (Lipinski definition) is 3. The number of halogens is 2. The molecule has 158 valence electrons. The highest BCUT2D eigenvalue weighted by Gasteiger charge is 2.29. The summed E-state index contributed by atoms with van der Waals surface area (Å²) in [6.07, 6.45) is 3.94. The van der Waals surface area contributed by atoms with Crippen molar-refractivity contribution in [3.8, 4) is 0 Å². The normalized spacial score (nSPS) is 16.7. The van der Waals surface area contributed by atoms with Crippen LogP contribution in [-0.4, -0.2) is 33.9 Å². The molecule has 4 aromatic rings. The number of amides is 1. The molecule has 31 heavy (non-hydrogen) atoms. The van der Waals surface area contributed by atoms with Crippen molar-refractivity contribution in [2.45, 2.75) is 25.2 Å². The summed E-state index contributed by atoms with van der Waals surface area (Å²) in [5, 5.41) is 0.676. The molecule has 0 radical (unpaired) electrons. The topological polar surface area (TPSA) is 62.1 Å². The van der Waals surface area contributed by atoms with Gasteiger partial charge in [0.1, 0.15) is 23.1 Å². The van der Waals surface area contributed by atoms with Gasteiger partial charge in [-0.15, -0.1) is 0 Å². The number of oxazole rings is 1. The summed E-state index contributed by atoms with van der Waals surface area (Å²) in [4.78, 5) is 22.1. The number of hydrogen-bond donors (Lipinski definition) is 1. The molecule has 1 aliphatic heterocycles. The van der Waals surface area contributed by atoms with Gasteiger partial charge in [-0.2, -0.15) is 0 Å². The highest BCUT2D eigenvalue weighted by molar-refractivity contribution is 5.98. The van der Waals surface area contributed by atoms with Gasteiger partial charge < -0.3 is 14.3 Å². The Labute approximate surface area is 177 Å².